The van der Waals surface area contributed by atoms with Gasteiger partial charge in [0, 0.05) is 24.8 Å². The lowest BCUT2D eigenvalue weighted by molar-refractivity contribution is -0.256. The molecule has 0 aromatic heterocycles. The number of carbonyl (C=O) groups is 2. The first-order valence-electron chi connectivity index (χ1n) is 12.0. The topological polar surface area (TPSA) is 93.1 Å². The van der Waals surface area contributed by atoms with E-state index in [4.69, 9.17) is 9.47 Å². The molecule has 0 aromatic carbocycles. The van der Waals surface area contributed by atoms with E-state index in [2.05, 4.69) is 13.8 Å². The van der Waals surface area contributed by atoms with Crippen molar-refractivity contribution in [3.8, 4) is 0 Å². The summed E-state index contributed by atoms with van der Waals surface area (Å²) in [4.78, 5) is 23.2. The van der Waals surface area contributed by atoms with E-state index in [1.54, 1.807) is 6.08 Å². The van der Waals surface area contributed by atoms with E-state index >= 15 is 0 Å². The molecule has 0 radical (unpaired) electrons. The number of rotatable bonds is 2. The molecule has 6 heteroatoms. The quantitative estimate of drug-likeness (QED) is 0.651. The fraction of sp³-hybridized carbons (Fsp3) is 0.840. The predicted octanol–water partition coefficient (Wildman–Crippen LogP) is 3.29. The van der Waals surface area contributed by atoms with Crippen LogP contribution in [0.1, 0.15) is 78.6 Å². The molecule has 1 aliphatic heterocycles. The Bertz CT molecular complexity index is 836. The van der Waals surface area contributed by atoms with Crippen LogP contribution in [-0.2, 0) is 19.1 Å². The van der Waals surface area contributed by atoms with Crippen LogP contribution in [0.15, 0.2) is 11.6 Å². The highest BCUT2D eigenvalue weighted by molar-refractivity contribution is 5.85. The van der Waals surface area contributed by atoms with Crippen LogP contribution in [0.3, 0.4) is 0 Å². The maximum atomic E-state index is 12.2. The number of fused-ring (bicyclic) bond motifs is 5. The van der Waals surface area contributed by atoms with Crippen LogP contribution < -0.4 is 0 Å². The summed E-state index contributed by atoms with van der Waals surface area (Å²) in [6.45, 7) is 6.21. The van der Waals surface area contributed by atoms with Crippen molar-refractivity contribution >= 4 is 11.9 Å². The van der Waals surface area contributed by atoms with Crippen LogP contribution in [0.2, 0.25) is 0 Å². The monoisotopic (exact) mass is 432 g/mol. The van der Waals surface area contributed by atoms with Gasteiger partial charge >= 0.3 is 11.9 Å². The lowest BCUT2D eigenvalue weighted by atomic mass is 9.42. The predicted molar refractivity (Wildman–Crippen MR) is 113 cm³/mol. The lowest BCUT2D eigenvalue weighted by Crippen LogP contribution is -2.67. The van der Waals surface area contributed by atoms with Gasteiger partial charge in [-0.1, -0.05) is 13.8 Å². The largest absolute Gasteiger partial charge is 0.462 e. The summed E-state index contributed by atoms with van der Waals surface area (Å²) in [6.07, 6.45) is 8.41. The summed E-state index contributed by atoms with van der Waals surface area (Å²) < 4.78 is 10.7. The summed E-state index contributed by atoms with van der Waals surface area (Å²) in [7, 11) is 0. The minimum Gasteiger partial charge on any atom is -0.462 e. The van der Waals surface area contributed by atoms with Crippen molar-refractivity contribution in [2.45, 2.75) is 95.9 Å². The second kappa shape index (κ2) is 6.80. The molecule has 4 aliphatic carbocycles. The average molecular weight is 433 g/mol. The standard InChI is InChI=1S/C25H36O6/c1-15(26)31-17-4-8-22(2)19-5-9-23(3)18(16-12-21(27)30-14-16)7-11-25(23,29)20(19)6-10-24(22,28)13-17/h12,17-20,28-29H,4-11,13-14H2,1-3H3/t17-,18+,19-,20+,22-,23+,24-,25+/m1/s1. The Hall–Kier alpha value is -1.40. The molecule has 5 rings (SSSR count). The molecule has 4 saturated carbocycles. The van der Waals surface area contributed by atoms with Crippen LogP contribution in [0, 0.1) is 28.6 Å². The Balaban J connectivity index is 1.43. The highest BCUT2D eigenvalue weighted by atomic mass is 16.5. The van der Waals surface area contributed by atoms with Crippen LogP contribution in [0.4, 0.5) is 0 Å². The first kappa shape index (κ1) is 21.4. The molecule has 0 amide bonds. The number of hydrogen-bond acceptors (Lipinski definition) is 6. The third-order valence-corrected chi connectivity index (χ3v) is 10.4. The number of carbonyl (C=O) groups excluding carboxylic acids is 2. The molecule has 31 heavy (non-hydrogen) atoms. The van der Waals surface area contributed by atoms with E-state index < -0.39 is 11.2 Å². The third kappa shape index (κ3) is 2.83. The van der Waals surface area contributed by atoms with Gasteiger partial charge in [-0.25, -0.2) is 4.79 Å². The van der Waals surface area contributed by atoms with E-state index in [0.717, 1.165) is 50.5 Å². The van der Waals surface area contributed by atoms with Gasteiger partial charge in [-0.3, -0.25) is 4.79 Å². The lowest BCUT2D eigenvalue weighted by Gasteiger charge is -2.66. The number of esters is 2. The molecule has 6 nitrogen and oxygen atoms in total. The molecule has 5 aliphatic rings. The van der Waals surface area contributed by atoms with Crippen LogP contribution >= 0.6 is 0 Å². The smallest absolute Gasteiger partial charge is 0.331 e. The van der Waals surface area contributed by atoms with E-state index in [0.29, 0.717) is 19.4 Å². The molecule has 0 saturated heterocycles. The maximum absolute atomic E-state index is 12.2. The van der Waals surface area contributed by atoms with Gasteiger partial charge in [0.05, 0.1) is 11.2 Å². The molecule has 172 valence electrons. The van der Waals surface area contributed by atoms with E-state index in [1.165, 1.54) is 6.92 Å². The van der Waals surface area contributed by atoms with E-state index in [9.17, 15) is 19.8 Å². The molecular weight excluding hydrogens is 396 g/mol. The molecular formula is C25H36O6. The number of aliphatic hydroxyl groups is 2. The minimum absolute atomic E-state index is 0.144. The Morgan fingerprint density at radius 3 is 2.42 bits per heavy atom. The van der Waals surface area contributed by atoms with Crippen LogP contribution in [-0.4, -0.2) is 46.1 Å². The van der Waals surface area contributed by atoms with Crippen molar-refractivity contribution in [1.82, 2.24) is 0 Å². The molecule has 0 bridgehead atoms. The zero-order valence-electron chi connectivity index (χ0n) is 19.0. The molecule has 8 atom stereocenters. The molecule has 4 fully saturated rings. The van der Waals surface area contributed by atoms with Crippen LogP contribution in [0.25, 0.3) is 0 Å². The number of hydrogen-bond donors (Lipinski definition) is 2. The second-order valence-electron chi connectivity index (χ2n) is 11.5. The Morgan fingerprint density at radius 1 is 1.03 bits per heavy atom. The highest BCUT2D eigenvalue weighted by Gasteiger charge is 2.70. The summed E-state index contributed by atoms with van der Waals surface area (Å²) in [5.41, 5.74) is -1.16. The molecule has 0 unspecified atom stereocenters. The normalized spacial score (nSPS) is 51.3. The zero-order chi connectivity index (χ0) is 22.2. The van der Waals surface area contributed by atoms with Crippen LogP contribution in [0.5, 0.6) is 0 Å². The van der Waals surface area contributed by atoms with Crippen molar-refractivity contribution in [3.63, 3.8) is 0 Å². The summed E-state index contributed by atoms with van der Waals surface area (Å²) in [6, 6.07) is 0. The van der Waals surface area contributed by atoms with Gasteiger partial charge in [0.2, 0.25) is 0 Å². The fourth-order valence-electron chi connectivity index (χ4n) is 8.70. The Morgan fingerprint density at radius 2 is 1.74 bits per heavy atom. The van der Waals surface area contributed by atoms with Crippen molar-refractivity contribution in [3.05, 3.63) is 11.6 Å². The third-order valence-electron chi connectivity index (χ3n) is 10.4. The number of ether oxygens (including phenoxy) is 2. The van der Waals surface area contributed by atoms with Gasteiger partial charge in [-0.05, 0) is 80.1 Å². The second-order valence-corrected chi connectivity index (χ2v) is 11.5. The van der Waals surface area contributed by atoms with Crippen molar-refractivity contribution in [2.24, 2.45) is 28.6 Å². The van der Waals surface area contributed by atoms with Crippen molar-refractivity contribution < 1.29 is 29.3 Å². The summed E-state index contributed by atoms with van der Waals surface area (Å²) in [5.74, 6) is 0.0252. The van der Waals surface area contributed by atoms with E-state index in [-0.39, 0.29) is 46.6 Å². The summed E-state index contributed by atoms with van der Waals surface area (Å²) in [5, 5.41) is 24.0. The van der Waals surface area contributed by atoms with E-state index in [1.807, 2.05) is 0 Å². The van der Waals surface area contributed by atoms with Gasteiger partial charge in [0.1, 0.15) is 12.7 Å². The number of cyclic esters (lactones) is 1. The average Bonchev–Trinajstić information content (AvgIpc) is 3.22. The molecule has 2 N–H and O–H groups in total. The Labute approximate surface area is 184 Å². The van der Waals surface area contributed by atoms with Gasteiger partial charge in [-0.15, -0.1) is 0 Å². The Kier molecular flexibility index (Phi) is 4.70. The molecule has 0 spiro atoms. The zero-order valence-corrected chi connectivity index (χ0v) is 19.0. The van der Waals surface area contributed by atoms with Gasteiger partial charge in [-0.2, -0.15) is 0 Å². The summed E-state index contributed by atoms with van der Waals surface area (Å²) >= 11 is 0. The van der Waals surface area contributed by atoms with Gasteiger partial charge in [0.15, 0.2) is 0 Å². The van der Waals surface area contributed by atoms with Crippen molar-refractivity contribution in [2.75, 3.05) is 6.61 Å². The first-order valence-corrected chi connectivity index (χ1v) is 12.0. The molecule has 0 aromatic rings. The highest BCUT2D eigenvalue weighted by Crippen LogP contribution is 2.70. The van der Waals surface area contributed by atoms with Gasteiger partial charge in [0.25, 0.3) is 0 Å². The van der Waals surface area contributed by atoms with Crippen molar-refractivity contribution in [1.29, 1.82) is 0 Å². The SMILES string of the molecule is CC(=O)O[C@@H]1CC[C@]2(C)[C@@H]3CC[C@@]4(C)[C@H](C5=CC(=O)OC5)CC[C@]4(O)[C@H]3CC[C@@]2(O)C1. The minimum atomic E-state index is -0.858. The fourth-order valence-corrected chi connectivity index (χ4v) is 8.70. The first-order chi connectivity index (χ1) is 14.5. The molecule has 1 heterocycles. The maximum Gasteiger partial charge on any atom is 0.331 e. The van der Waals surface area contributed by atoms with Gasteiger partial charge < -0.3 is 19.7 Å².